The zero-order chi connectivity index (χ0) is 13.7. The van der Waals surface area contributed by atoms with Crippen LogP contribution in [0.15, 0.2) is 0 Å². The first-order valence-electron chi connectivity index (χ1n) is 5.88. The van der Waals surface area contributed by atoms with E-state index >= 15 is 0 Å². The van der Waals surface area contributed by atoms with Crippen molar-refractivity contribution in [2.75, 3.05) is 27.8 Å². The predicted molar refractivity (Wildman–Crippen MR) is 70.4 cm³/mol. The molecule has 0 spiro atoms. The number of hydrogen-bond acceptors (Lipinski definition) is 4. The summed E-state index contributed by atoms with van der Waals surface area (Å²) in [5.41, 5.74) is 4.28. The molecular weight excluding hydrogens is 232 g/mol. The summed E-state index contributed by atoms with van der Waals surface area (Å²) in [6.45, 7) is 8.58. The van der Waals surface area contributed by atoms with Gasteiger partial charge in [-0.1, -0.05) is 0 Å². The zero-order valence-electron chi connectivity index (χ0n) is 12.0. The lowest BCUT2D eigenvalue weighted by atomic mass is 9.98. The normalized spacial score (nSPS) is 10.6. The van der Waals surface area contributed by atoms with Crippen LogP contribution in [0.3, 0.4) is 0 Å². The molecule has 4 heteroatoms. The van der Waals surface area contributed by atoms with Crippen molar-refractivity contribution in [2.24, 2.45) is 0 Å². The lowest BCUT2D eigenvalue weighted by Crippen LogP contribution is -2.08. The van der Waals surface area contributed by atoms with Gasteiger partial charge in [0, 0.05) is 14.2 Å². The van der Waals surface area contributed by atoms with E-state index in [1.165, 1.54) is 0 Å². The van der Waals surface area contributed by atoms with Gasteiger partial charge >= 0.3 is 0 Å². The van der Waals surface area contributed by atoms with Gasteiger partial charge in [0.1, 0.15) is 11.5 Å². The molecule has 1 aromatic carbocycles. The Morgan fingerprint density at radius 3 is 1.11 bits per heavy atom. The summed E-state index contributed by atoms with van der Waals surface area (Å²) in [5.74, 6) is 1.74. The summed E-state index contributed by atoms with van der Waals surface area (Å²) in [5, 5.41) is 0. The summed E-state index contributed by atoms with van der Waals surface area (Å²) in [4.78, 5) is 0. The van der Waals surface area contributed by atoms with Crippen LogP contribution in [-0.2, 0) is 9.47 Å². The van der Waals surface area contributed by atoms with Crippen LogP contribution in [0.2, 0.25) is 0 Å². The molecule has 1 rings (SSSR count). The number of methoxy groups -OCH3 is 2. The highest BCUT2D eigenvalue weighted by Crippen LogP contribution is 2.37. The van der Waals surface area contributed by atoms with E-state index in [1.54, 1.807) is 14.2 Å². The third kappa shape index (κ3) is 2.94. The second-order valence-electron chi connectivity index (χ2n) is 4.26. The molecule has 0 bridgehead atoms. The fraction of sp³-hybridized carbons (Fsp3) is 0.571. The Morgan fingerprint density at radius 2 is 0.889 bits per heavy atom. The fourth-order valence-corrected chi connectivity index (χ4v) is 1.91. The molecule has 0 aliphatic heterocycles. The molecule has 0 amide bonds. The molecule has 1 aromatic rings. The van der Waals surface area contributed by atoms with Crippen LogP contribution in [0.4, 0.5) is 0 Å². The van der Waals surface area contributed by atoms with Crippen LogP contribution in [0, 0.1) is 27.7 Å². The maximum Gasteiger partial charge on any atom is 0.188 e. The topological polar surface area (TPSA) is 36.9 Å². The Balaban J connectivity index is 3.18. The summed E-state index contributed by atoms with van der Waals surface area (Å²) in [7, 11) is 3.22. The minimum absolute atomic E-state index is 0.249. The fourth-order valence-electron chi connectivity index (χ4n) is 1.91. The molecule has 0 aromatic heterocycles. The standard InChI is InChI=1S/C14H22O4/c1-9-10(2)14(18-8-16-6)12(4)11(3)13(9)17-7-15-5/h7-8H2,1-6H3. The third-order valence-electron chi connectivity index (χ3n) is 3.13. The van der Waals surface area contributed by atoms with Gasteiger partial charge in [0.15, 0.2) is 13.6 Å². The summed E-state index contributed by atoms with van der Waals surface area (Å²) < 4.78 is 21.2. The Hall–Kier alpha value is -1.26. The summed E-state index contributed by atoms with van der Waals surface area (Å²) >= 11 is 0. The summed E-state index contributed by atoms with van der Waals surface area (Å²) in [6, 6.07) is 0. The molecule has 0 atom stereocenters. The summed E-state index contributed by atoms with van der Waals surface area (Å²) in [6.07, 6.45) is 0. The molecule has 0 saturated carbocycles. The van der Waals surface area contributed by atoms with Crippen LogP contribution < -0.4 is 9.47 Å². The maximum atomic E-state index is 5.63. The average Bonchev–Trinajstić information content (AvgIpc) is 2.37. The van der Waals surface area contributed by atoms with E-state index in [-0.39, 0.29) is 13.6 Å². The molecule has 0 fully saturated rings. The van der Waals surface area contributed by atoms with Gasteiger partial charge in [-0.05, 0) is 49.9 Å². The van der Waals surface area contributed by atoms with Crippen molar-refractivity contribution in [3.63, 3.8) is 0 Å². The molecule has 0 saturated heterocycles. The molecule has 0 aliphatic rings. The smallest absolute Gasteiger partial charge is 0.188 e. The molecule has 18 heavy (non-hydrogen) atoms. The van der Waals surface area contributed by atoms with Crippen molar-refractivity contribution in [2.45, 2.75) is 27.7 Å². The van der Waals surface area contributed by atoms with Crippen molar-refractivity contribution in [3.8, 4) is 11.5 Å². The Bertz CT molecular complexity index is 345. The van der Waals surface area contributed by atoms with E-state index < -0.39 is 0 Å². The largest absolute Gasteiger partial charge is 0.467 e. The minimum Gasteiger partial charge on any atom is -0.467 e. The van der Waals surface area contributed by atoms with Gasteiger partial charge in [0.05, 0.1) is 0 Å². The third-order valence-corrected chi connectivity index (χ3v) is 3.13. The molecule has 0 radical (unpaired) electrons. The van der Waals surface area contributed by atoms with Crippen LogP contribution >= 0.6 is 0 Å². The number of hydrogen-bond donors (Lipinski definition) is 0. The molecule has 0 N–H and O–H groups in total. The molecule has 4 nitrogen and oxygen atoms in total. The van der Waals surface area contributed by atoms with Crippen molar-refractivity contribution >= 4 is 0 Å². The van der Waals surface area contributed by atoms with E-state index in [4.69, 9.17) is 18.9 Å². The van der Waals surface area contributed by atoms with Gasteiger partial charge in [0.25, 0.3) is 0 Å². The SMILES string of the molecule is COCOc1c(C)c(C)c(OCOC)c(C)c1C. The quantitative estimate of drug-likeness (QED) is 0.731. The van der Waals surface area contributed by atoms with Gasteiger partial charge < -0.3 is 18.9 Å². The molecular formula is C14H22O4. The molecule has 0 unspecified atom stereocenters. The van der Waals surface area contributed by atoms with Crippen LogP contribution in [0.5, 0.6) is 11.5 Å². The second kappa shape index (κ2) is 6.61. The van der Waals surface area contributed by atoms with Gasteiger partial charge in [-0.25, -0.2) is 0 Å². The lowest BCUT2D eigenvalue weighted by molar-refractivity contribution is 0.0467. The van der Waals surface area contributed by atoms with Gasteiger partial charge in [-0.15, -0.1) is 0 Å². The highest BCUT2D eigenvalue weighted by Gasteiger charge is 2.16. The number of benzene rings is 1. The van der Waals surface area contributed by atoms with E-state index in [0.717, 1.165) is 33.8 Å². The molecule has 0 heterocycles. The van der Waals surface area contributed by atoms with Crippen molar-refractivity contribution < 1.29 is 18.9 Å². The highest BCUT2D eigenvalue weighted by atomic mass is 16.7. The van der Waals surface area contributed by atoms with Crippen LogP contribution in [-0.4, -0.2) is 27.8 Å². The lowest BCUT2D eigenvalue weighted by Gasteiger charge is -2.20. The minimum atomic E-state index is 0.249. The van der Waals surface area contributed by atoms with Crippen LogP contribution in [0.1, 0.15) is 22.3 Å². The Morgan fingerprint density at radius 1 is 0.611 bits per heavy atom. The van der Waals surface area contributed by atoms with Crippen molar-refractivity contribution in [3.05, 3.63) is 22.3 Å². The van der Waals surface area contributed by atoms with E-state index in [9.17, 15) is 0 Å². The van der Waals surface area contributed by atoms with Crippen molar-refractivity contribution in [1.82, 2.24) is 0 Å². The first-order valence-corrected chi connectivity index (χ1v) is 5.88. The average molecular weight is 254 g/mol. The Labute approximate surface area is 109 Å². The maximum absolute atomic E-state index is 5.63. The zero-order valence-corrected chi connectivity index (χ0v) is 12.0. The molecule has 0 aliphatic carbocycles. The Kier molecular flexibility index (Phi) is 5.44. The van der Waals surface area contributed by atoms with E-state index in [0.29, 0.717) is 0 Å². The first-order chi connectivity index (χ1) is 8.54. The number of rotatable bonds is 6. The molecule has 102 valence electrons. The van der Waals surface area contributed by atoms with E-state index in [2.05, 4.69) is 0 Å². The van der Waals surface area contributed by atoms with Gasteiger partial charge in [-0.3, -0.25) is 0 Å². The van der Waals surface area contributed by atoms with Crippen molar-refractivity contribution in [1.29, 1.82) is 0 Å². The second-order valence-corrected chi connectivity index (χ2v) is 4.26. The van der Waals surface area contributed by atoms with Gasteiger partial charge in [0.2, 0.25) is 0 Å². The first kappa shape index (κ1) is 14.8. The monoisotopic (exact) mass is 254 g/mol. The van der Waals surface area contributed by atoms with E-state index in [1.807, 2.05) is 27.7 Å². The van der Waals surface area contributed by atoms with Crippen LogP contribution in [0.25, 0.3) is 0 Å². The highest BCUT2D eigenvalue weighted by molar-refractivity contribution is 5.57. The number of ether oxygens (including phenoxy) is 4. The van der Waals surface area contributed by atoms with Gasteiger partial charge in [-0.2, -0.15) is 0 Å². The predicted octanol–water partition coefficient (Wildman–Crippen LogP) is 2.89.